The Morgan fingerprint density at radius 2 is 1.71 bits per heavy atom. The van der Waals surface area contributed by atoms with Crippen LogP contribution in [0, 0.1) is 5.82 Å². The fourth-order valence-electron chi connectivity index (χ4n) is 3.07. The molecule has 1 heterocycles. The van der Waals surface area contributed by atoms with E-state index in [2.05, 4.69) is 10.4 Å². The zero-order valence-electron chi connectivity index (χ0n) is 16.8. The summed E-state index contributed by atoms with van der Waals surface area (Å²) < 4.78 is 26.8. The molecule has 0 bridgehead atoms. The van der Waals surface area contributed by atoms with Gasteiger partial charge in [0.25, 0.3) is 5.91 Å². The van der Waals surface area contributed by atoms with Crippen molar-refractivity contribution in [3.63, 3.8) is 0 Å². The standard InChI is InChI=1S/C24H20FN3O3/c1-30-22-13-7-11-19(25)23(22)26-24(29)20-14-15-28(27-20)16-17-8-5-6-12-21(17)31-18-9-3-2-4-10-18/h2-15H,16H2,1H3,(H,26,29). The Morgan fingerprint density at radius 1 is 0.968 bits per heavy atom. The van der Waals surface area contributed by atoms with Crippen LogP contribution in [0.4, 0.5) is 10.1 Å². The number of ether oxygens (including phenoxy) is 2. The summed E-state index contributed by atoms with van der Waals surface area (Å²) in [7, 11) is 1.41. The molecule has 6 nitrogen and oxygen atoms in total. The first-order chi connectivity index (χ1) is 15.1. The van der Waals surface area contributed by atoms with Crippen molar-refractivity contribution >= 4 is 11.6 Å². The largest absolute Gasteiger partial charge is 0.494 e. The first-order valence-electron chi connectivity index (χ1n) is 9.62. The molecule has 0 saturated carbocycles. The second-order valence-electron chi connectivity index (χ2n) is 6.69. The number of amides is 1. The third-order valence-corrected chi connectivity index (χ3v) is 4.58. The van der Waals surface area contributed by atoms with Crippen LogP contribution in [0.1, 0.15) is 16.1 Å². The first-order valence-corrected chi connectivity index (χ1v) is 9.62. The number of halogens is 1. The Balaban J connectivity index is 1.50. The SMILES string of the molecule is COc1cccc(F)c1NC(=O)c1ccn(Cc2ccccc2Oc2ccccc2)n1. The summed E-state index contributed by atoms with van der Waals surface area (Å²) in [6.07, 6.45) is 1.69. The van der Waals surface area contributed by atoms with E-state index in [-0.39, 0.29) is 17.1 Å². The van der Waals surface area contributed by atoms with E-state index in [1.54, 1.807) is 23.0 Å². The second kappa shape index (κ2) is 9.13. The molecular formula is C24H20FN3O3. The lowest BCUT2D eigenvalue weighted by molar-refractivity contribution is 0.102. The van der Waals surface area contributed by atoms with E-state index >= 15 is 0 Å². The zero-order valence-corrected chi connectivity index (χ0v) is 16.8. The Morgan fingerprint density at radius 3 is 2.52 bits per heavy atom. The number of aromatic nitrogens is 2. The highest BCUT2D eigenvalue weighted by atomic mass is 19.1. The van der Waals surface area contributed by atoms with Crippen LogP contribution in [0.2, 0.25) is 0 Å². The van der Waals surface area contributed by atoms with Crippen molar-refractivity contribution in [2.75, 3.05) is 12.4 Å². The van der Waals surface area contributed by atoms with E-state index in [0.29, 0.717) is 12.3 Å². The summed E-state index contributed by atoms with van der Waals surface area (Å²) in [5.41, 5.74) is 1.04. The van der Waals surface area contributed by atoms with E-state index in [1.165, 1.54) is 19.2 Å². The Labute approximate surface area is 178 Å². The monoisotopic (exact) mass is 417 g/mol. The molecule has 0 aliphatic rings. The summed E-state index contributed by atoms with van der Waals surface area (Å²) in [5.74, 6) is 0.551. The van der Waals surface area contributed by atoms with Crippen LogP contribution in [0.3, 0.4) is 0 Å². The van der Waals surface area contributed by atoms with Crippen molar-refractivity contribution in [2.45, 2.75) is 6.54 Å². The van der Waals surface area contributed by atoms with Gasteiger partial charge in [0.15, 0.2) is 11.5 Å². The molecular weight excluding hydrogens is 397 g/mol. The topological polar surface area (TPSA) is 65.4 Å². The molecule has 31 heavy (non-hydrogen) atoms. The molecule has 3 aromatic carbocycles. The van der Waals surface area contributed by atoms with Crippen LogP contribution in [-0.2, 0) is 6.54 Å². The molecule has 1 N–H and O–H groups in total. The maximum atomic E-state index is 14.1. The average Bonchev–Trinajstić information content (AvgIpc) is 3.26. The third kappa shape index (κ3) is 4.72. The van der Waals surface area contributed by atoms with Crippen molar-refractivity contribution in [3.05, 3.63) is 102 Å². The van der Waals surface area contributed by atoms with E-state index in [4.69, 9.17) is 9.47 Å². The maximum absolute atomic E-state index is 14.1. The number of carbonyl (C=O) groups is 1. The van der Waals surface area contributed by atoms with Crippen LogP contribution in [-0.4, -0.2) is 22.8 Å². The van der Waals surface area contributed by atoms with E-state index in [9.17, 15) is 9.18 Å². The van der Waals surface area contributed by atoms with Gasteiger partial charge >= 0.3 is 0 Å². The summed E-state index contributed by atoms with van der Waals surface area (Å²) in [4.78, 5) is 12.6. The van der Waals surface area contributed by atoms with Crippen molar-refractivity contribution in [2.24, 2.45) is 0 Å². The quantitative estimate of drug-likeness (QED) is 0.453. The van der Waals surface area contributed by atoms with Crippen molar-refractivity contribution in [3.8, 4) is 17.2 Å². The first kappa shape index (κ1) is 20.2. The van der Waals surface area contributed by atoms with Gasteiger partial charge in [0, 0.05) is 11.8 Å². The van der Waals surface area contributed by atoms with Crippen molar-refractivity contribution < 1.29 is 18.7 Å². The average molecular weight is 417 g/mol. The lowest BCUT2D eigenvalue weighted by Crippen LogP contribution is -2.15. The molecule has 0 aliphatic heterocycles. The molecule has 1 amide bonds. The normalized spacial score (nSPS) is 10.5. The van der Waals surface area contributed by atoms with Gasteiger partial charge in [0.1, 0.15) is 22.9 Å². The molecule has 0 radical (unpaired) electrons. The van der Waals surface area contributed by atoms with Gasteiger partial charge < -0.3 is 14.8 Å². The van der Waals surface area contributed by atoms with E-state index in [0.717, 1.165) is 11.3 Å². The minimum atomic E-state index is -0.584. The number of hydrogen-bond acceptors (Lipinski definition) is 4. The van der Waals surface area contributed by atoms with Crippen LogP contribution in [0.15, 0.2) is 85.1 Å². The molecule has 4 aromatic rings. The lowest BCUT2D eigenvalue weighted by atomic mass is 10.2. The van der Waals surface area contributed by atoms with Gasteiger partial charge in [-0.2, -0.15) is 5.10 Å². The highest BCUT2D eigenvalue weighted by Gasteiger charge is 2.16. The molecule has 1 aromatic heterocycles. The fraction of sp³-hybridized carbons (Fsp3) is 0.0833. The number of carbonyl (C=O) groups excluding carboxylic acids is 1. The minimum Gasteiger partial charge on any atom is -0.494 e. The van der Waals surface area contributed by atoms with Gasteiger partial charge in [-0.15, -0.1) is 0 Å². The molecule has 4 rings (SSSR count). The molecule has 156 valence electrons. The second-order valence-corrected chi connectivity index (χ2v) is 6.69. The summed E-state index contributed by atoms with van der Waals surface area (Å²) in [6.45, 7) is 0.402. The highest BCUT2D eigenvalue weighted by molar-refractivity contribution is 6.03. The number of para-hydroxylation sites is 3. The van der Waals surface area contributed by atoms with Gasteiger partial charge in [0.05, 0.1) is 13.7 Å². The number of methoxy groups -OCH3 is 1. The molecule has 0 fully saturated rings. The molecule has 0 saturated heterocycles. The number of benzene rings is 3. The number of nitrogens with one attached hydrogen (secondary N) is 1. The smallest absolute Gasteiger partial charge is 0.276 e. The van der Waals surface area contributed by atoms with Crippen LogP contribution < -0.4 is 14.8 Å². The van der Waals surface area contributed by atoms with Gasteiger partial charge in [-0.25, -0.2) is 4.39 Å². The van der Waals surface area contributed by atoms with Crippen LogP contribution in [0.25, 0.3) is 0 Å². The third-order valence-electron chi connectivity index (χ3n) is 4.58. The summed E-state index contributed by atoms with van der Waals surface area (Å²) >= 11 is 0. The molecule has 0 atom stereocenters. The number of hydrogen-bond donors (Lipinski definition) is 1. The summed E-state index contributed by atoms with van der Waals surface area (Å²) in [5, 5.41) is 6.85. The van der Waals surface area contributed by atoms with Gasteiger partial charge in [-0.1, -0.05) is 42.5 Å². The van der Waals surface area contributed by atoms with Gasteiger partial charge in [-0.05, 0) is 36.4 Å². The predicted octanol–water partition coefficient (Wildman–Crippen LogP) is 5.12. The van der Waals surface area contributed by atoms with Crippen LogP contribution >= 0.6 is 0 Å². The molecule has 7 heteroatoms. The Hall–Kier alpha value is -4.13. The predicted molar refractivity (Wildman–Crippen MR) is 115 cm³/mol. The minimum absolute atomic E-state index is 0.0221. The molecule has 0 spiro atoms. The molecule has 0 unspecified atom stereocenters. The summed E-state index contributed by atoms with van der Waals surface area (Å²) in [6, 6.07) is 23.0. The molecule has 0 aliphatic carbocycles. The number of anilines is 1. The van der Waals surface area contributed by atoms with Crippen molar-refractivity contribution in [1.82, 2.24) is 9.78 Å². The fourth-order valence-corrected chi connectivity index (χ4v) is 3.07. The Bertz CT molecular complexity index is 1190. The highest BCUT2D eigenvalue weighted by Crippen LogP contribution is 2.28. The van der Waals surface area contributed by atoms with Crippen molar-refractivity contribution in [1.29, 1.82) is 0 Å². The lowest BCUT2D eigenvalue weighted by Gasteiger charge is -2.11. The zero-order chi connectivity index (χ0) is 21.6. The number of rotatable bonds is 7. The number of nitrogens with zero attached hydrogens (tertiary/aromatic N) is 2. The van der Waals surface area contributed by atoms with E-state index in [1.807, 2.05) is 54.6 Å². The van der Waals surface area contributed by atoms with Crippen LogP contribution in [0.5, 0.6) is 17.2 Å². The maximum Gasteiger partial charge on any atom is 0.276 e. The van der Waals surface area contributed by atoms with Gasteiger partial charge in [-0.3, -0.25) is 9.48 Å². The van der Waals surface area contributed by atoms with E-state index < -0.39 is 11.7 Å². The Kier molecular flexibility index (Phi) is 5.93. The van der Waals surface area contributed by atoms with Gasteiger partial charge in [0.2, 0.25) is 0 Å².